The van der Waals surface area contributed by atoms with Crippen LogP contribution < -0.4 is 10.5 Å². The molecule has 0 spiro atoms. The monoisotopic (exact) mass is 268 g/mol. The van der Waals surface area contributed by atoms with E-state index in [1.165, 1.54) is 0 Å². The number of hydrogen-bond acceptors (Lipinski definition) is 3. The largest absolute Gasteiger partial charge is 0.326 e. The first-order valence-electron chi connectivity index (χ1n) is 6.36. The Morgan fingerprint density at radius 1 is 1.17 bits per heavy atom. The number of benzene rings is 1. The molecule has 100 valence electrons. The molecule has 0 bridgehead atoms. The normalized spacial score (nSPS) is 24.9. The van der Waals surface area contributed by atoms with Gasteiger partial charge in [0, 0.05) is 12.1 Å². The van der Waals surface area contributed by atoms with Crippen molar-refractivity contribution in [1.29, 1.82) is 0 Å². The lowest BCUT2D eigenvalue weighted by Gasteiger charge is -2.29. The summed E-state index contributed by atoms with van der Waals surface area (Å²) < 4.78 is 26.8. The van der Waals surface area contributed by atoms with Crippen molar-refractivity contribution in [1.82, 2.24) is 4.72 Å². The molecule has 2 atom stereocenters. The first-order valence-corrected chi connectivity index (χ1v) is 8.01. The highest BCUT2D eigenvalue weighted by atomic mass is 32.2. The Bertz CT molecular complexity index is 473. The van der Waals surface area contributed by atoms with Gasteiger partial charge in [-0.1, -0.05) is 43.2 Å². The van der Waals surface area contributed by atoms with Crippen LogP contribution in [-0.2, 0) is 15.8 Å². The molecule has 0 aliphatic heterocycles. The summed E-state index contributed by atoms with van der Waals surface area (Å²) in [4.78, 5) is 0. The first kappa shape index (κ1) is 13.5. The van der Waals surface area contributed by atoms with E-state index in [9.17, 15) is 8.42 Å². The zero-order valence-electron chi connectivity index (χ0n) is 10.4. The molecule has 0 amide bonds. The van der Waals surface area contributed by atoms with E-state index >= 15 is 0 Å². The van der Waals surface area contributed by atoms with Gasteiger partial charge in [0.1, 0.15) is 0 Å². The van der Waals surface area contributed by atoms with Crippen molar-refractivity contribution < 1.29 is 8.42 Å². The fourth-order valence-corrected chi connectivity index (χ4v) is 3.84. The molecule has 5 heteroatoms. The lowest BCUT2D eigenvalue weighted by molar-refractivity contribution is 0.361. The molecular formula is C13H20N2O2S. The molecule has 4 nitrogen and oxygen atoms in total. The van der Waals surface area contributed by atoms with Gasteiger partial charge in [-0.3, -0.25) is 0 Å². The maximum atomic E-state index is 12.0. The van der Waals surface area contributed by atoms with Crippen LogP contribution in [0.15, 0.2) is 30.3 Å². The van der Waals surface area contributed by atoms with E-state index in [1.807, 2.05) is 30.3 Å². The Labute approximate surface area is 109 Å². The molecule has 0 heterocycles. The zero-order valence-corrected chi connectivity index (χ0v) is 11.2. The number of rotatable bonds is 4. The molecule has 0 saturated heterocycles. The average molecular weight is 268 g/mol. The van der Waals surface area contributed by atoms with Crippen molar-refractivity contribution in [2.24, 2.45) is 5.73 Å². The minimum Gasteiger partial charge on any atom is -0.326 e. The van der Waals surface area contributed by atoms with Gasteiger partial charge in [-0.05, 0) is 18.4 Å². The van der Waals surface area contributed by atoms with Crippen molar-refractivity contribution >= 4 is 10.0 Å². The summed E-state index contributed by atoms with van der Waals surface area (Å²) in [7, 11) is -3.30. The van der Waals surface area contributed by atoms with E-state index in [0.29, 0.717) is 0 Å². The molecule has 3 N–H and O–H groups in total. The van der Waals surface area contributed by atoms with E-state index < -0.39 is 10.0 Å². The minimum atomic E-state index is -3.30. The molecule has 1 fully saturated rings. The summed E-state index contributed by atoms with van der Waals surface area (Å²) in [5.74, 6) is 0.0249. The van der Waals surface area contributed by atoms with Crippen LogP contribution in [-0.4, -0.2) is 20.5 Å². The van der Waals surface area contributed by atoms with Crippen LogP contribution in [0.5, 0.6) is 0 Å². The van der Waals surface area contributed by atoms with Gasteiger partial charge >= 0.3 is 0 Å². The van der Waals surface area contributed by atoms with Crippen molar-refractivity contribution in [3.05, 3.63) is 35.9 Å². The van der Waals surface area contributed by atoms with Crippen molar-refractivity contribution in [3.8, 4) is 0 Å². The average Bonchev–Trinajstić information content (AvgIpc) is 2.32. The third-order valence-electron chi connectivity index (χ3n) is 3.35. The second-order valence-electron chi connectivity index (χ2n) is 4.92. The van der Waals surface area contributed by atoms with Gasteiger partial charge in [0.25, 0.3) is 0 Å². The van der Waals surface area contributed by atoms with Gasteiger partial charge in [0.2, 0.25) is 10.0 Å². The Morgan fingerprint density at radius 2 is 1.83 bits per heavy atom. The molecule has 0 radical (unpaired) electrons. The van der Waals surface area contributed by atoms with Crippen LogP contribution in [0.1, 0.15) is 31.2 Å². The van der Waals surface area contributed by atoms with E-state index in [-0.39, 0.29) is 17.8 Å². The summed E-state index contributed by atoms with van der Waals surface area (Å²) in [5, 5.41) is 0. The molecule has 1 saturated carbocycles. The van der Waals surface area contributed by atoms with Crippen LogP contribution in [0.4, 0.5) is 0 Å². The molecule has 1 aromatic carbocycles. The summed E-state index contributed by atoms with van der Waals surface area (Å²) >= 11 is 0. The molecule has 0 aromatic heterocycles. The SMILES string of the molecule is N[C@H]1CCCC[C@@H]1NS(=O)(=O)Cc1ccccc1. The van der Waals surface area contributed by atoms with Gasteiger partial charge in [-0.15, -0.1) is 0 Å². The summed E-state index contributed by atoms with van der Waals surface area (Å²) in [6, 6.07) is 9.05. The van der Waals surface area contributed by atoms with E-state index in [4.69, 9.17) is 5.73 Å². The van der Waals surface area contributed by atoms with Crippen LogP contribution in [0.25, 0.3) is 0 Å². The molecule has 18 heavy (non-hydrogen) atoms. The van der Waals surface area contributed by atoms with Crippen LogP contribution in [0.3, 0.4) is 0 Å². The lowest BCUT2D eigenvalue weighted by atomic mass is 9.92. The fraction of sp³-hybridized carbons (Fsp3) is 0.538. The van der Waals surface area contributed by atoms with Crippen molar-refractivity contribution in [2.75, 3.05) is 0 Å². The Hall–Kier alpha value is -0.910. The molecule has 1 aromatic rings. The van der Waals surface area contributed by atoms with E-state index in [1.54, 1.807) is 0 Å². The van der Waals surface area contributed by atoms with Gasteiger partial charge in [0.15, 0.2) is 0 Å². The smallest absolute Gasteiger partial charge is 0.216 e. The molecule has 2 rings (SSSR count). The van der Waals surface area contributed by atoms with Gasteiger partial charge in [-0.25, -0.2) is 13.1 Å². The highest BCUT2D eigenvalue weighted by molar-refractivity contribution is 7.88. The second kappa shape index (κ2) is 5.82. The Balaban J connectivity index is 1.99. The van der Waals surface area contributed by atoms with Gasteiger partial charge in [-0.2, -0.15) is 0 Å². The van der Waals surface area contributed by atoms with E-state index in [2.05, 4.69) is 4.72 Å². The first-order chi connectivity index (χ1) is 8.57. The van der Waals surface area contributed by atoms with E-state index in [0.717, 1.165) is 31.2 Å². The predicted molar refractivity (Wildman–Crippen MR) is 72.4 cm³/mol. The second-order valence-corrected chi connectivity index (χ2v) is 6.67. The summed E-state index contributed by atoms with van der Waals surface area (Å²) in [6.45, 7) is 0. The predicted octanol–water partition coefficient (Wildman–Crippen LogP) is 1.38. The van der Waals surface area contributed by atoms with Crippen molar-refractivity contribution in [2.45, 2.75) is 43.5 Å². The fourth-order valence-electron chi connectivity index (χ4n) is 2.37. The number of sulfonamides is 1. The Kier molecular flexibility index (Phi) is 4.37. The topological polar surface area (TPSA) is 72.2 Å². The quantitative estimate of drug-likeness (QED) is 0.866. The maximum absolute atomic E-state index is 12.0. The summed E-state index contributed by atoms with van der Waals surface area (Å²) in [5.41, 5.74) is 6.75. The minimum absolute atomic E-state index is 0.0249. The van der Waals surface area contributed by atoms with Crippen LogP contribution >= 0.6 is 0 Å². The van der Waals surface area contributed by atoms with Gasteiger partial charge < -0.3 is 5.73 Å². The molecule has 1 aliphatic carbocycles. The molecule has 0 unspecified atom stereocenters. The number of nitrogens with one attached hydrogen (secondary N) is 1. The number of nitrogens with two attached hydrogens (primary N) is 1. The third kappa shape index (κ3) is 3.80. The standard InChI is InChI=1S/C13H20N2O2S/c14-12-8-4-5-9-13(12)15-18(16,17)10-11-6-2-1-3-7-11/h1-3,6-7,12-13,15H,4-5,8-10,14H2/t12-,13-/m0/s1. The van der Waals surface area contributed by atoms with Gasteiger partial charge in [0.05, 0.1) is 5.75 Å². The zero-order chi connectivity index (χ0) is 13.0. The molecular weight excluding hydrogens is 248 g/mol. The lowest BCUT2D eigenvalue weighted by Crippen LogP contribution is -2.49. The maximum Gasteiger partial charge on any atom is 0.216 e. The highest BCUT2D eigenvalue weighted by Crippen LogP contribution is 2.18. The Morgan fingerprint density at radius 3 is 2.50 bits per heavy atom. The van der Waals surface area contributed by atoms with Crippen molar-refractivity contribution in [3.63, 3.8) is 0 Å². The molecule has 1 aliphatic rings. The van der Waals surface area contributed by atoms with Crippen LogP contribution in [0, 0.1) is 0 Å². The third-order valence-corrected chi connectivity index (χ3v) is 4.73. The summed E-state index contributed by atoms with van der Waals surface area (Å²) in [6.07, 6.45) is 3.89. The number of hydrogen-bond donors (Lipinski definition) is 2. The highest BCUT2D eigenvalue weighted by Gasteiger charge is 2.26. The van der Waals surface area contributed by atoms with Crippen LogP contribution in [0.2, 0.25) is 0 Å².